The van der Waals surface area contributed by atoms with Crippen molar-refractivity contribution in [2.75, 3.05) is 0 Å². The number of amides is 1. The van der Waals surface area contributed by atoms with E-state index in [9.17, 15) is 19.8 Å². The van der Waals surface area contributed by atoms with Crippen LogP contribution < -0.4 is 5.32 Å². The number of carbonyl (C=O) groups is 2. The zero-order valence-electron chi connectivity index (χ0n) is 12.6. The van der Waals surface area contributed by atoms with Crippen LogP contribution in [0.15, 0.2) is 0 Å². The number of rotatable bonds is 3. The highest BCUT2D eigenvalue weighted by Crippen LogP contribution is 2.33. The van der Waals surface area contributed by atoms with Gasteiger partial charge in [-0.25, -0.2) is 9.59 Å². The SMILES string of the molecule is CC1(O)CCC(C(NC(=O)OC(C)(C)C)C(=O)O)CC1. The summed E-state index contributed by atoms with van der Waals surface area (Å²) in [6, 6.07) is -0.971. The van der Waals surface area contributed by atoms with E-state index in [2.05, 4.69) is 5.32 Å². The monoisotopic (exact) mass is 287 g/mol. The van der Waals surface area contributed by atoms with E-state index in [4.69, 9.17) is 4.74 Å². The fourth-order valence-electron chi connectivity index (χ4n) is 2.41. The van der Waals surface area contributed by atoms with Gasteiger partial charge >= 0.3 is 12.1 Å². The predicted octanol–water partition coefficient (Wildman–Crippen LogP) is 1.91. The molecule has 0 saturated heterocycles. The van der Waals surface area contributed by atoms with Gasteiger partial charge in [-0.05, 0) is 59.3 Å². The predicted molar refractivity (Wildman–Crippen MR) is 73.4 cm³/mol. The Labute approximate surface area is 119 Å². The largest absolute Gasteiger partial charge is 0.480 e. The van der Waals surface area contributed by atoms with E-state index in [0.29, 0.717) is 25.7 Å². The number of hydrogen-bond donors (Lipinski definition) is 3. The number of nitrogens with one attached hydrogen (secondary N) is 1. The second kappa shape index (κ2) is 5.99. The maximum absolute atomic E-state index is 11.7. The first-order valence-electron chi connectivity index (χ1n) is 6.95. The van der Waals surface area contributed by atoms with Crippen LogP contribution in [0, 0.1) is 5.92 Å². The Kier molecular flexibility index (Phi) is 5.02. The Hall–Kier alpha value is -1.30. The molecule has 0 aromatic rings. The molecule has 1 aliphatic carbocycles. The number of alkyl carbamates (subject to hydrolysis) is 1. The topological polar surface area (TPSA) is 95.9 Å². The lowest BCUT2D eigenvalue weighted by Gasteiger charge is -2.35. The third kappa shape index (κ3) is 5.36. The van der Waals surface area contributed by atoms with Crippen molar-refractivity contribution in [3.05, 3.63) is 0 Å². The van der Waals surface area contributed by atoms with Gasteiger partial charge in [0.2, 0.25) is 0 Å². The molecule has 0 spiro atoms. The number of aliphatic carboxylic acids is 1. The summed E-state index contributed by atoms with van der Waals surface area (Å²) >= 11 is 0. The minimum Gasteiger partial charge on any atom is -0.480 e. The zero-order valence-corrected chi connectivity index (χ0v) is 12.6. The van der Waals surface area contributed by atoms with E-state index in [0.717, 1.165) is 0 Å². The van der Waals surface area contributed by atoms with Crippen LogP contribution in [0.4, 0.5) is 4.79 Å². The van der Waals surface area contributed by atoms with Crippen LogP contribution in [-0.2, 0) is 9.53 Å². The summed E-state index contributed by atoms with van der Waals surface area (Å²) in [5.41, 5.74) is -1.39. The normalized spacial score (nSPS) is 28.6. The standard InChI is InChI=1S/C14H25NO5/c1-13(2,3)20-12(18)15-10(11(16)17)9-5-7-14(4,19)8-6-9/h9-10,19H,5-8H2,1-4H3,(H,15,18)(H,16,17). The molecule has 0 aromatic carbocycles. The Morgan fingerprint density at radius 2 is 1.80 bits per heavy atom. The van der Waals surface area contributed by atoms with Gasteiger partial charge < -0.3 is 20.3 Å². The average molecular weight is 287 g/mol. The van der Waals surface area contributed by atoms with Crippen LogP contribution in [0.2, 0.25) is 0 Å². The first-order chi connectivity index (χ1) is 9.00. The van der Waals surface area contributed by atoms with Gasteiger partial charge in [0.1, 0.15) is 11.6 Å². The van der Waals surface area contributed by atoms with E-state index < -0.39 is 29.3 Å². The van der Waals surface area contributed by atoms with Crippen molar-refractivity contribution < 1.29 is 24.5 Å². The Balaban J connectivity index is 2.62. The van der Waals surface area contributed by atoms with Gasteiger partial charge in [0, 0.05) is 0 Å². The molecule has 20 heavy (non-hydrogen) atoms. The highest BCUT2D eigenvalue weighted by molar-refractivity contribution is 5.80. The molecule has 6 heteroatoms. The number of ether oxygens (including phenoxy) is 1. The number of carboxylic acid groups (broad SMARTS) is 1. The maximum atomic E-state index is 11.7. The van der Waals surface area contributed by atoms with Crippen molar-refractivity contribution in [2.24, 2.45) is 5.92 Å². The van der Waals surface area contributed by atoms with E-state index in [1.807, 2.05) is 0 Å². The summed E-state index contributed by atoms with van der Waals surface area (Å²) in [6.07, 6.45) is 1.50. The van der Waals surface area contributed by atoms with E-state index in [-0.39, 0.29) is 5.92 Å². The minimum absolute atomic E-state index is 0.180. The highest BCUT2D eigenvalue weighted by atomic mass is 16.6. The lowest BCUT2D eigenvalue weighted by atomic mass is 9.77. The van der Waals surface area contributed by atoms with Crippen LogP contribution in [-0.4, -0.2) is 39.5 Å². The summed E-state index contributed by atoms with van der Waals surface area (Å²) < 4.78 is 5.09. The number of hydrogen-bond acceptors (Lipinski definition) is 4. The van der Waals surface area contributed by atoms with Crippen LogP contribution in [0.25, 0.3) is 0 Å². The molecule has 0 aliphatic heterocycles. The van der Waals surface area contributed by atoms with E-state index in [1.165, 1.54) is 0 Å². The van der Waals surface area contributed by atoms with Crippen LogP contribution in [0.3, 0.4) is 0 Å². The summed E-state index contributed by atoms with van der Waals surface area (Å²) in [5, 5.41) is 21.6. The second-order valence-corrected chi connectivity index (χ2v) is 6.80. The van der Waals surface area contributed by atoms with Gasteiger partial charge in [0.25, 0.3) is 0 Å². The summed E-state index contributed by atoms with van der Waals surface area (Å²) in [5.74, 6) is -1.25. The van der Waals surface area contributed by atoms with E-state index in [1.54, 1.807) is 27.7 Å². The molecular weight excluding hydrogens is 262 g/mol. The number of carboxylic acids is 1. The van der Waals surface area contributed by atoms with Gasteiger partial charge in [-0.15, -0.1) is 0 Å². The molecule has 0 bridgehead atoms. The molecule has 0 aromatic heterocycles. The van der Waals surface area contributed by atoms with Crippen LogP contribution in [0.1, 0.15) is 53.4 Å². The van der Waals surface area contributed by atoms with Crippen molar-refractivity contribution in [1.82, 2.24) is 5.32 Å². The molecule has 1 unspecified atom stereocenters. The molecular formula is C14H25NO5. The number of aliphatic hydroxyl groups is 1. The van der Waals surface area contributed by atoms with Gasteiger partial charge in [-0.1, -0.05) is 0 Å². The van der Waals surface area contributed by atoms with Crippen molar-refractivity contribution in [1.29, 1.82) is 0 Å². The van der Waals surface area contributed by atoms with Crippen molar-refractivity contribution in [3.8, 4) is 0 Å². The summed E-state index contributed by atoms with van der Waals surface area (Å²) in [6.45, 7) is 6.92. The van der Waals surface area contributed by atoms with Crippen molar-refractivity contribution in [3.63, 3.8) is 0 Å². The molecule has 116 valence electrons. The van der Waals surface area contributed by atoms with Gasteiger partial charge in [-0.3, -0.25) is 0 Å². The van der Waals surface area contributed by atoms with E-state index >= 15 is 0 Å². The summed E-state index contributed by atoms with van der Waals surface area (Å²) in [7, 11) is 0. The zero-order chi connectivity index (χ0) is 15.6. The third-order valence-electron chi connectivity index (χ3n) is 3.52. The quantitative estimate of drug-likeness (QED) is 0.737. The maximum Gasteiger partial charge on any atom is 0.408 e. The average Bonchev–Trinajstić information content (AvgIpc) is 2.23. The molecule has 1 saturated carbocycles. The lowest BCUT2D eigenvalue weighted by molar-refractivity contribution is -0.142. The molecule has 0 radical (unpaired) electrons. The van der Waals surface area contributed by atoms with Crippen LogP contribution in [0.5, 0.6) is 0 Å². The second-order valence-electron chi connectivity index (χ2n) is 6.80. The molecule has 1 rings (SSSR count). The van der Waals surface area contributed by atoms with Crippen molar-refractivity contribution in [2.45, 2.75) is 70.6 Å². The fourth-order valence-corrected chi connectivity index (χ4v) is 2.41. The first kappa shape index (κ1) is 16.8. The molecule has 1 atom stereocenters. The molecule has 1 amide bonds. The molecule has 1 aliphatic rings. The molecule has 6 nitrogen and oxygen atoms in total. The minimum atomic E-state index is -1.07. The smallest absolute Gasteiger partial charge is 0.408 e. The Bertz CT molecular complexity index is 362. The van der Waals surface area contributed by atoms with Gasteiger partial charge in [0.05, 0.1) is 5.60 Å². The summed E-state index contributed by atoms with van der Waals surface area (Å²) in [4.78, 5) is 23.0. The molecule has 3 N–H and O–H groups in total. The molecule has 0 heterocycles. The van der Waals surface area contributed by atoms with Crippen LogP contribution >= 0.6 is 0 Å². The Morgan fingerprint density at radius 1 is 1.30 bits per heavy atom. The lowest BCUT2D eigenvalue weighted by Crippen LogP contribution is -2.49. The molecule has 1 fully saturated rings. The fraction of sp³-hybridized carbons (Fsp3) is 0.857. The third-order valence-corrected chi connectivity index (χ3v) is 3.52. The van der Waals surface area contributed by atoms with Crippen molar-refractivity contribution >= 4 is 12.1 Å². The van der Waals surface area contributed by atoms with Gasteiger partial charge in [0.15, 0.2) is 0 Å². The first-order valence-corrected chi connectivity index (χ1v) is 6.95. The number of carbonyl (C=O) groups excluding carboxylic acids is 1. The Morgan fingerprint density at radius 3 is 2.20 bits per heavy atom. The highest BCUT2D eigenvalue weighted by Gasteiger charge is 2.37. The van der Waals surface area contributed by atoms with Gasteiger partial charge in [-0.2, -0.15) is 0 Å².